The van der Waals surface area contributed by atoms with Gasteiger partial charge in [-0.15, -0.1) is 0 Å². The Bertz CT molecular complexity index is 488. The van der Waals surface area contributed by atoms with Crippen LogP contribution in [-0.2, 0) is 9.59 Å². The molecule has 0 radical (unpaired) electrons. The Kier molecular flexibility index (Phi) is 4.92. The standard InChI is InChI=1S/C11H10F2N2O4/c12-9(13)11(19)15-7-3-1-6(2-4-7)10(18)14-5-8(16)17/h1-4,9H,5H2,(H,14,18)(H,15,19)(H,16,17). The first-order chi connectivity index (χ1) is 8.90. The van der Waals surface area contributed by atoms with Crippen molar-refractivity contribution < 1.29 is 28.3 Å². The molecule has 3 N–H and O–H groups in total. The first kappa shape index (κ1) is 14.6. The van der Waals surface area contributed by atoms with Gasteiger partial charge in [-0.05, 0) is 24.3 Å². The zero-order valence-corrected chi connectivity index (χ0v) is 9.52. The average Bonchev–Trinajstić information content (AvgIpc) is 2.36. The lowest BCUT2D eigenvalue weighted by molar-refractivity contribution is -0.135. The molecule has 0 atom stereocenters. The fourth-order valence-corrected chi connectivity index (χ4v) is 1.16. The Labute approximate surface area is 106 Å². The number of hydrogen-bond acceptors (Lipinski definition) is 3. The first-order valence-electron chi connectivity index (χ1n) is 5.09. The number of alkyl halides is 2. The van der Waals surface area contributed by atoms with Gasteiger partial charge in [0.1, 0.15) is 6.54 Å². The molecule has 0 spiro atoms. The molecule has 0 aromatic heterocycles. The molecule has 6 nitrogen and oxygen atoms in total. The number of carboxylic acid groups (broad SMARTS) is 1. The molecule has 0 unspecified atom stereocenters. The fraction of sp³-hybridized carbons (Fsp3) is 0.182. The molecule has 0 aliphatic carbocycles. The Morgan fingerprint density at radius 1 is 1.16 bits per heavy atom. The zero-order valence-electron chi connectivity index (χ0n) is 9.52. The number of benzene rings is 1. The molecule has 8 heteroatoms. The molecule has 0 heterocycles. The second kappa shape index (κ2) is 6.43. The number of carboxylic acids is 1. The molecule has 2 amide bonds. The Hall–Kier alpha value is -2.51. The van der Waals surface area contributed by atoms with E-state index in [0.29, 0.717) is 0 Å². The summed E-state index contributed by atoms with van der Waals surface area (Å²) in [4.78, 5) is 32.4. The van der Waals surface area contributed by atoms with Crippen LogP contribution < -0.4 is 10.6 Å². The molecule has 0 saturated heterocycles. The van der Waals surface area contributed by atoms with Crippen LogP contribution in [0.1, 0.15) is 10.4 Å². The lowest BCUT2D eigenvalue weighted by Gasteiger charge is -2.06. The highest BCUT2D eigenvalue weighted by atomic mass is 19.3. The number of anilines is 1. The molecule has 102 valence electrons. The van der Waals surface area contributed by atoms with Crippen molar-refractivity contribution in [2.45, 2.75) is 6.43 Å². The molecule has 0 aliphatic rings. The summed E-state index contributed by atoms with van der Waals surface area (Å²) < 4.78 is 23.9. The third-order valence-corrected chi connectivity index (χ3v) is 2.01. The minimum Gasteiger partial charge on any atom is -0.480 e. The van der Waals surface area contributed by atoms with E-state index in [1.54, 1.807) is 0 Å². The van der Waals surface area contributed by atoms with Crippen LogP contribution in [0.4, 0.5) is 14.5 Å². The third kappa shape index (κ3) is 4.70. The SMILES string of the molecule is O=C(O)CNC(=O)c1ccc(NC(=O)C(F)F)cc1. The minimum absolute atomic E-state index is 0.111. The number of rotatable bonds is 5. The van der Waals surface area contributed by atoms with Crippen molar-refractivity contribution in [3.8, 4) is 0 Å². The van der Waals surface area contributed by atoms with Gasteiger partial charge >= 0.3 is 12.4 Å². The number of nitrogens with one attached hydrogen (secondary N) is 2. The fourth-order valence-electron chi connectivity index (χ4n) is 1.16. The van der Waals surface area contributed by atoms with Crippen molar-refractivity contribution >= 4 is 23.5 Å². The van der Waals surface area contributed by atoms with Gasteiger partial charge in [-0.1, -0.05) is 0 Å². The van der Waals surface area contributed by atoms with Crippen molar-refractivity contribution in [3.63, 3.8) is 0 Å². The molecule has 0 aliphatic heterocycles. The number of aliphatic carboxylic acids is 1. The van der Waals surface area contributed by atoms with Gasteiger partial charge < -0.3 is 15.7 Å². The number of halogens is 2. The molecule has 1 aromatic carbocycles. The second-order valence-corrected chi connectivity index (χ2v) is 3.44. The Morgan fingerprint density at radius 2 is 1.74 bits per heavy atom. The highest BCUT2D eigenvalue weighted by molar-refractivity contribution is 5.97. The van der Waals surface area contributed by atoms with Gasteiger partial charge in [0.05, 0.1) is 0 Å². The summed E-state index contributed by atoms with van der Waals surface area (Å²) in [5.74, 6) is -3.24. The summed E-state index contributed by atoms with van der Waals surface area (Å²) in [7, 11) is 0. The van der Waals surface area contributed by atoms with Crippen molar-refractivity contribution in [1.29, 1.82) is 0 Å². The Balaban J connectivity index is 2.63. The van der Waals surface area contributed by atoms with Crippen LogP contribution in [0.2, 0.25) is 0 Å². The smallest absolute Gasteiger partial charge is 0.322 e. The highest BCUT2D eigenvalue weighted by Gasteiger charge is 2.15. The van der Waals surface area contributed by atoms with Gasteiger partial charge in [0.2, 0.25) is 0 Å². The molecule has 19 heavy (non-hydrogen) atoms. The van der Waals surface area contributed by atoms with Gasteiger partial charge in [0.25, 0.3) is 11.8 Å². The monoisotopic (exact) mass is 272 g/mol. The molecule has 0 fully saturated rings. The van der Waals surface area contributed by atoms with Gasteiger partial charge in [0, 0.05) is 11.3 Å². The van der Waals surface area contributed by atoms with Gasteiger partial charge in [-0.2, -0.15) is 8.78 Å². The maximum atomic E-state index is 12.0. The molecule has 0 bridgehead atoms. The molecule has 1 rings (SSSR count). The van der Waals surface area contributed by atoms with E-state index in [1.807, 2.05) is 5.32 Å². The number of carbonyl (C=O) groups excluding carboxylic acids is 2. The molecular formula is C11H10F2N2O4. The van der Waals surface area contributed by atoms with E-state index in [0.717, 1.165) is 0 Å². The highest BCUT2D eigenvalue weighted by Crippen LogP contribution is 2.10. The number of hydrogen-bond donors (Lipinski definition) is 3. The molecular weight excluding hydrogens is 262 g/mol. The van der Waals surface area contributed by atoms with Gasteiger partial charge in [0.15, 0.2) is 0 Å². The van der Waals surface area contributed by atoms with E-state index in [9.17, 15) is 23.2 Å². The largest absolute Gasteiger partial charge is 0.480 e. The summed E-state index contributed by atoms with van der Waals surface area (Å²) >= 11 is 0. The van der Waals surface area contributed by atoms with E-state index < -0.39 is 30.8 Å². The average molecular weight is 272 g/mol. The van der Waals surface area contributed by atoms with Crippen LogP contribution in [0.3, 0.4) is 0 Å². The summed E-state index contributed by atoms with van der Waals surface area (Å²) in [5.41, 5.74) is 0.261. The first-order valence-corrected chi connectivity index (χ1v) is 5.09. The summed E-state index contributed by atoms with van der Waals surface area (Å²) in [5, 5.41) is 12.4. The van der Waals surface area contributed by atoms with Crippen molar-refractivity contribution in [2.24, 2.45) is 0 Å². The quantitative estimate of drug-likeness (QED) is 0.735. The van der Waals surface area contributed by atoms with Crippen LogP contribution in [0.25, 0.3) is 0 Å². The Morgan fingerprint density at radius 3 is 2.21 bits per heavy atom. The normalized spacial score (nSPS) is 10.1. The van der Waals surface area contributed by atoms with Crippen LogP contribution in [0.15, 0.2) is 24.3 Å². The number of amides is 2. The maximum absolute atomic E-state index is 12.0. The van der Waals surface area contributed by atoms with E-state index >= 15 is 0 Å². The van der Waals surface area contributed by atoms with E-state index in [2.05, 4.69) is 5.32 Å². The van der Waals surface area contributed by atoms with E-state index in [1.165, 1.54) is 24.3 Å². The van der Waals surface area contributed by atoms with E-state index in [4.69, 9.17) is 5.11 Å². The lowest BCUT2D eigenvalue weighted by atomic mass is 10.2. The predicted molar refractivity (Wildman–Crippen MR) is 61.0 cm³/mol. The summed E-state index contributed by atoms with van der Waals surface area (Å²) in [6, 6.07) is 5.07. The predicted octanol–water partition coefficient (Wildman–Crippen LogP) is 0.705. The second-order valence-electron chi connectivity index (χ2n) is 3.44. The van der Waals surface area contributed by atoms with Crippen LogP contribution in [0.5, 0.6) is 0 Å². The van der Waals surface area contributed by atoms with Crippen LogP contribution >= 0.6 is 0 Å². The van der Waals surface area contributed by atoms with Gasteiger partial charge in [-0.25, -0.2) is 0 Å². The van der Waals surface area contributed by atoms with Crippen molar-refractivity contribution in [2.75, 3.05) is 11.9 Å². The lowest BCUT2D eigenvalue weighted by Crippen LogP contribution is -2.29. The van der Waals surface area contributed by atoms with Crippen LogP contribution in [-0.4, -0.2) is 35.9 Å². The molecule has 0 saturated carbocycles. The van der Waals surface area contributed by atoms with Crippen molar-refractivity contribution in [3.05, 3.63) is 29.8 Å². The maximum Gasteiger partial charge on any atom is 0.322 e. The topological polar surface area (TPSA) is 95.5 Å². The zero-order chi connectivity index (χ0) is 14.4. The van der Waals surface area contributed by atoms with E-state index in [-0.39, 0.29) is 11.3 Å². The summed E-state index contributed by atoms with van der Waals surface area (Å²) in [6.07, 6.45) is -3.13. The third-order valence-electron chi connectivity index (χ3n) is 2.01. The molecule has 1 aromatic rings. The van der Waals surface area contributed by atoms with Crippen molar-refractivity contribution in [1.82, 2.24) is 5.32 Å². The van der Waals surface area contributed by atoms with Crippen LogP contribution in [0, 0.1) is 0 Å². The number of carbonyl (C=O) groups is 3. The minimum atomic E-state index is -3.13. The summed E-state index contributed by atoms with van der Waals surface area (Å²) in [6.45, 7) is -0.525. The van der Waals surface area contributed by atoms with Gasteiger partial charge in [-0.3, -0.25) is 14.4 Å².